The summed E-state index contributed by atoms with van der Waals surface area (Å²) in [7, 11) is 3.31. The summed E-state index contributed by atoms with van der Waals surface area (Å²) in [6.07, 6.45) is 3.07. The van der Waals surface area contributed by atoms with E-state index in [9.17, 15) is 14.7 Å². The molecule has 3 aromatic rings. The van der Waals surface area contributed by atoms with Crippen molar-refractivity contribution in [3.63, 3.8) is 0 Å². The van der Waals surface area contributed by atoms with Crippen LogP contribution in [0.5, 0.6) is 11.5 Å². The first-order valence-corrected chi connectivity index (χ1v) is 16.2. The number of fused-ring (bicyclic) bond motifs is 1. The van der Waals surface area contributed by atoms with Gasteiger partial charge in [0.1, 0.15) is 0 Å². The molecule has 11 nitrogen and oxygen atoms in total. The normalized spacial score (nSPS) is 19.4. The number of carbonyl (C=O) groups excluding carboxylic acids is 2. The zero-order valence-electron chi connectivity index (χ0n) is 27.1. The van der Waals surface area contributed by atoms with E-state index in [-0.39, 0.29) is 31.1 Å². The van der Waals surface area contributed by atoms with Crippen LogP contribution in [-0.2, 0) is 38.6 Å². The molecular weight excluding hydrogens is 602 g/mol. The molecule has 0 unspecified atom stereocenters. The Balaban J connectivity index is 1.27. The lowest BCUT2D eigenvalue weighted by Crippen LogP contribution is -2.41. The van der Waals surface area contributed by atoms with E-state index in [1.54, 1.807) is 19.7 Å². The lowest BCUT2D eigenvalue weighted by molar-refractivity contribution is -0.253. The summed E-state index contributed by atoms with van der Waals surface area (Å²) in [5.41, 5.74) is 7.42. The van der Waals surface area contributed by atoms with E-state index >= 15 is 0 Å². The third-order valence-electron chi connectivity index (χ3n) is 8.75. The Kier molecular flexibility index (Phi) is 12.2. The number of benzene rings is 3. The summed E-state index contributed by atoms with van der Waals surface area (Å²) < 4.78 is 24.2. The fourth-order valence-corrected chi connectivity index (χ4v) is 6.21. The molecule has 2 aliphatic rings. The van der Waals surface area contributed by atoms with Gasteiger partial charge in [0, 0.05) is 50.1 Å². The number of methoxy groups -OCH3 is 2. The highest BCUT2D eigenvalue weighted by Crippen LogP contribution is 2.39. The highest BCUT2D eigenvalue weighted by Gasteiger charge is 2.34. The third kappa shape index (κ3) is 9.30. The van der Waals surface area contributed by atoms with E-state index in [0.29, 0.717) is 37.8 Å². The van der Waals surface area contributed by atoms with Crippen LogP contribution in [0.2, 0.25) is 0 Å². The van der Waals surface area contributed by atoms with Gasteiger partial charge in [0.15, 0.2) is 17.8 Å². The Hall–Kier alpha value is -4.00. The zero-order chi connectivity index (χ0) is 33.2. The lowest BCUT2D eigenvalue weighted by atomic mass is 9.97. The number of unbranched alkanes of at least 4 members (excludes halogenated alkanes) is 2. The monoisotopic (exact) mass is 647 g/mol. The van der Waals surface area contributed by atoms with Crippen LogP contribution in [0.4, 0.5) is 5.69 Å². The maximum absolute atomic E-state index is 12.6. The van der Waals surface area contributed by atoms with E-state index in [1.165, 1.54) is 11.1 Å². The minimum absolute atomic E-state index is 0.0212. The van der Waals surface area contributed by atoms with Crippen molar-refractivity contribution in [3.8, 4) is 11.5 Å². The second-order valence-electron chi connectivity index (χ2n) is 12.1. The number of carbonyl (C=O) groups is 2. The zero-order valence-corrected chi connectivity index (χ0v) is 27.1. The number of aliphatic hydroxyl groups is 1. The smallest absolute Gasteiger partial charge is 0.243 e. The Morgan fingerprint density at radius 3 is 2.32 bits per heavy atom. The average Bonchev–Trinajstić information content (AvgIpc) is 3.10. The number of nitrogens with one attached hydrogen (secondary N) is 2. The van der Waals surface area contributed by atoms with Gasteiger partial charge < -0.3 is 29.4 Å². The van der Waals surface area contributed by atoms with Crippen molar-refractivity contribution in [2.75, 3.05) is 32.6 Å². The maximum atomic E-state index is 12.6. The van der Waals surface area contributed by atoms with Gasteiger partial charge >= 0.3 is 0 Å². The maximum Gasteiger partial charge on any atom is 0.243 e. The molecule has 0 saturated carbocycles. The molecule has 0 radical (unpaired) electrons. The van der Waals surface area contributed by atoms with Gasteiger partial charge in [0.25, 0.3) is 0 Å². The fourth-order valence-electron chi connectivity index (χ4n) is 6.21. The minimum atomic E-state index is -0.646. The molecule has 3 atom stereocenters. The molecule has 5 rings (SSSR count). The number of amides is 2. The number of hydrogen-bond donors (Lipinski definition) is 4. The van der Waals surface area contributed by atoms with E-state index < -0.39 is 12.2 Å². The van der Waals surface area contributed by atoms with Crippen LogP contribution in [0.1, 0.15) is 78.7 Å². The van der Waals surface area contributed by atoms with Gasteiger partial charge in [-0.2, -0.15) is 0 Å². The summed E-state index contributed by atoms with van der Waals surface area (Å²) in [5.74, 6) is 0.932. The van der Waals surface area contributed by atoms with Gasteiger partial charge in [0.05, 0.1) is 33.0 Å². The van der Waals surface area contributed by atoms with Crippen molar-refractivity contribution in [3.05, 3.63) is 88.5 Å². The number of hydrogen-bond acceptors (Lipinski definition) is 9. The quantitative estimate of drug-likeness (QED) is 0.106. The molecule has 3 aromatic carbocycles. The minimum Gasteiger partial charge on any atom is -0.493 e. The topological polar surface area (TPSA) is 139 Å². The molecule has 1 fully saturated rings. The number of rotatable bonds is 14. The Morgan fingerprint density at radius 1 is 0.894 bits per heavy atom. The lowest BCUT2D eigenvalue weighted by Gasteiger charge is -2.39. The number of nitrogens with zero attached hydrogens (tertiary/aromatic N) is 1. The fraction of sp³-hybridized carbons (Fsp3) is 0.444. The molecule has 47 heavy (non-hydrogen) atoms. The van der Waals surface area contributed by atoms with Gasteiger partial charge in [0.2, 0.25) is 11.8 Å². The van der Waals surface area contributed by atoms with Crippen LogP contribution in [0, 0.1) is 0 Å². The molecule has 2 amide bonds. The largest absolute Gasteiger partial charge is 0.493 e. The molecule has 4 N–H and O–H groups in total. The van der Waals surface area contributed by atoms with Gasteiger partial charge in [-0.3, -0.25) is 19.7 Å². The summed E-state index contributed by atoms with van der Waals surface area (Å²) in [6, 6.07) is 19.5. The summed E-state index contributed by atoms with van der Waals surface area (Å²) in [5, 5.41) is 21.1. The summed E-state index contributed by atoms with van der Waals surface area (Å²) in [6.45, 7) is 2.36. The van der Waals surface area contributed by atoms with E-state index in [2.05, 4.69) is 22.3 Å². The number of hydroxylamine groups is 1. The highest BCUT2D eigenvalue weighted by atomic mass is 16.7. The van der Waals surface area contributed by atoms with Crippen LogP contribution < -0.4 is 20.3 Å². The van der Waals surface area contributed by atoms with Crippen LogP contribution in [0.3, 0.4) is 0 Å². The number of aliphatic hydroxyl groups excluding tert-OH is 1. The van der Waals surface area contributed by atoms with E-state index in [4.69, 9.17) is 24.2 Å². The standard InChI is InChI=1S/C36H45N3O8/c1-44-32-18-26-15-16-39(21-28(26)19-33(32)45-2)22-30-20-31(25-13-11-24(23-40)12-14-25)47-36(46-30)27-7-6-8-29(17-27)37-34(41)9-4-3-5-10-35(42)38-43/h6-8,11-14,17-19,30-31,36,40,43H,3-5,9-10,15-16,20-23H2,1-2H3,(H,37,41)(H,38,42)/t30-,31+,36+/m1/s1. The molecule has 0 aromatic heterocycles. The van der Waals surface area contributed by atoms with Crippen LogP contribution in [0.25, 0.3) is 0 Å². The van der Waals surface area contributed by atoms with Crippen molar-refractivity contribution >= 4 is 17.5 Å². The number of anilines is 1. The van der Waals surface area contributed by atoms with Gasteiger partial charge in [-0.25, -0.2) is 5.48 Å². The second kappa shape index (κ2) is 16.7. The Morgan fingerprint density at radius 2 is 1.62 bits per heavy atom. The Labute approximate surface area is 275 Å². The van der Waals surface area contributed by atoms with Crippen LogP contribution >= 0.6 is 0 Å². The molecule has 0 aliphatic carbocycles. The van der Waals surface area contributed by atoms with Crippen molar-refractivity contribution in [2.24, 2.45) is 0 Å². The van der Waals surface area contributed by atoms with Crippen molar-refractivity contribution in [1.29, 1.82) is 0 Å². The average molecular weight is 648 g/mol. The van der Waals surface area contributed by atoms with Crippen molar-refractivity contribution in [1.82, 2.24) is 10.4 Å². The predicted octanol–water partition coefficient (Wildman–Crippen LogP) is 5.19. The van der Waals surface area contributed by atoms with Gasteiger partial charge in [-0.1, -0.05) is 42.8 Å². The van der Waals surface area contributed by atoms with Crippen LogP contribution in [-0.4, -0.2) is 60.4 Å². The first-order chi connectivity index (χ1) is 22.9. The molecule has 0 spiro atoms. The molecule has 1 saturated heterocycles. The van der Waals surface area contributed by atoms with E-state index in [0.717, 1.165) is 54.2 Å². The summed E-state index contributed by atoms with van der Waals surface area (Å²) >= 11 is 0. The van der Waals surface area contributed by atoms with Gasteiger partial charge in [-0.15, -0.1) is 0 Å². The molecule has 11 heteroatoms. The Bertz CT molecular complexity index is 1500. The molecule has 252 valence electrons. The van der Waals surface area contributed by atoms with Crippen molar-refractivity contribution in [2.45, 2.75) is 76.6 Å². The second-order valence-corrected chi connectivity index (χ2v) is 12.1. The molecule has 0 bridgehead atoms. The molecule has 2 heterocycles. The third-order valence-corrected chi connectivity index (χ3v) is 8.75. The SMILES string of the molecule is COc1cc2c(cc1OC)CN(C[C@H]1C[C@@H](c3ccc(CO)cc3)O[C@@H](c3cccc(NC(=O)CCCCCC(=O)NO)c3)O1)CC2. The molecule has 2 aliphatic heterocycles. The predicted molar refractivity (Wildman–Crippen MR) is 175 cm³/mol. The molecular formula is C36H45N3O8. The van der Waals surface area contributed by atoms with Crippen LogP contribution in [0.15, 0.2) is 60.7 Å². The number of ether oxygens (including phenoxy) is 4. The van der Waals surface area contributed by atoms with Gasteiger partial charge in [-0.05, 0) is 65.8 Å². The first-order valence-electron chi connectivity index (χ1n) is 16.2. The highest BCUT2D eigenvalue weighted by molar-refractivity contribution is 5.90. The van der Waals surface area contributed by atoms with Crippen molar-refractivity contribution < 1.29 is 38.9 Å². The summed E-state index contributed by atoms with van der Waals surface area (Å²) in [4.78, 5) is 26.2. The first kappa shape index (κ1) is 34.3. The van der Waals surface area contributed by atoms with E-state index in [1.807, 2.05) is 48.5 Å².